The van der Waals surface area contributed by atoms with Crippen molar-refractivity contribution in [2.24, 2.45) is 16.7 Å². The summed E-state index contributed by atoms with van der Waals surface area (Å²) in [5.41, 5.74) is -3.31. The zero-order valence-corrected chi connectivity index (χ0v) is 10.3. The van der Waals surface area contributed by atoms with Crippen LogP contribution in [0.5, 0.6) is 0 Å². The first-order valence-corrected chi connectivity index (χ1v) is 5.54. The number of nitriles is 3. The highest BCUT2D eigenvalue weighted by Gasteiger charge is 2.76. The molecule has 3 rings (SSSR count). The highest BCUT2D eigenvalue weighted by atomic mass is 16.7. The SMILES string of the molecule is C[C@@H]1C(C#N)(C#N)[C@@]2(C#N)C(=N)O[C@@]1(C)O[C@H]2C. The Morgan fingerprint density at radius 1 is 1.17 bits per heavy atom. The van der Waals surface area contributed by atoms with Gasteiger partial charge in [0.2, 0.25) is 11.7 Å². The van der Waals surface area contributed by atoms with Gasteiger partial charge in [0.25, 0.3) is 0 Å². The third-order valence-electron chi connectivity index (χ3n) is 4.27. The molecule has 6 nitrogen and oxygen atoms in total. The molecule has 0 aromatic rings. The first kappa shape index (κ1) is 12.4. The van der Waals surface area contributed by atoms with Crippen LogP contribution in [0.3, 0.4) is 0 Å². The van der Waals surface area contributed by atoms with Crippen LogP contribution in [0.4, 0.5) is 0 Å². The Labute approximate surface area is 105 Å². The van der Waals surface area contributed by atoms with E-state index < -0.39 is 28.6 Å². The zero-order chi connectivity index (χ0) is 13.8. The monoisotopic (exact) mass is 244 g/mol. The summed E-state index contributed by atoms with van der Waals surface area (Å²) in [6, 6.07) is 5.81. The Bertz CT molecular complexity index is 538. The van der Waals surface area contributed by atoms with Crippen LogP contribution in [-0.2, 0) is 9.47 Å². The predicted octanol–water partition coefficient (Wildman–Crippen LogP) is 1.31. The van der Waals surface area contributed by atoms with E-state index in [4.69, 9.17) is 14.9 Å². The summed E-state index contributed by atoms with van der Waals surface area (Å²) in [6.07, 6.45) is -0.746. The normalized spacial score (nSPS) is 44.3. The van der Waals surface area contributed by atoms with E-state index in [0.29, 0.717) is 0 Å². The van der Waals surface area contributed by atoms with Crippen molar-refractivity contribution in [1.29, 1.82) is 21.2 Å². The molecule has 4 atom stereocenters. The van der Waals surface area contributed by atoms with E-state index in [1.807, 2.05) is 18.2 Å². The summed E-state index contributed by atoms with van der Waals surface area (Å²) in [7, 11) is 0. The first-order chi connectivity index (χ1) is 8.34. The van der Waals surface area contributed by atoms with Gasteiger partial charge in [0.05, 0.1) is 30.2 Å². The largest absolute Gasteiger partial charge is 0.448 e. The number of fused-ring (bicyclic) bond motifs is 3. The lowest BCUT2D eigenvalue weighted by Gasteiger charge is -2.60. The third kappa shape index (κ3) is 0.929. The minimum atomic E-state index is -1.67. The summed E-state index contributed by atoms with van der Waals surface area (Å²) in [6.45, 7) is 4.82. The predicted molar refractivity (Wildman–Crippen MR) is 58.6 cm³/mol. The molecule has 0 aromatic heterocycles. The molecule has 0 unspecified atom stereocenters. The Hall–Kier alpha value is -2.10. The van der Waals surface area contributed by atoms with E-state index in [1.54, 1.807) is 20.8 Å². The molecule has 1 N–H and O–H groups in total. The van der Waals surface area contributed by atoms with Gasteiger partial charge in [0.1, 0.15) is 0 Å². The topological polar surface area (TPSA) is 114 Å². The van der Waals surface area contributed by atoms with Crippen molar-refractivity contribution >= 4 is 5.90 Å². The van der Waals surface area contributed by atoms with Crippen LogP contribution in [0, 0.1) is 56.2 Å². The van der Waals surface area contributed by atoms with Crippen molar-refractivity contribution in [2.75, 3.05) is 0 Å². The first-order valence-electron chi connectivity index (χ1n) is 5.54. The quantitative estimate of drug-likeness (QED) is 0.689. The van der Waals surface area contributed by atoms with E-state index in [0.717, 1.165) is 0 Å². The van der Waals surface area contributed by atoms with E-state index in [1.165, 1.54) is 0 Å². The van der Waals surface area contributed by atoms with Gasteiger partial charge < -0.3 is 9.47 Å². The van der Waals surface area contributed by atoms with Gasteiger partial charge in [-0.1, -0.05) is 6.92 Å². The van der Waals surface area contributed by atoms with Crippen LogP contribution in [0.2, 0.25) is 0 Å². The lowest BCUT2D eigenvalue weighted by molar-refractivity contribution is -0.331. The fourth-order valence-electron chi connectivity index (χ4n) is 2.98. The maximum absolute atomic E-state index is 9.45. The molecule has 6 heteroatoms. The van der Waals surface area contributed by atoms with Crippen LogP contribution in [0.15, 0.2) is 0 Å². The molecule has 18 heavy (non-hydrogen) atoms. The fourth-order valence-corrected chi connectivity index (χ4v) is 2.98. The standard InChI is InChI=1S/C12H12N4O2/c1-7-10(3)17-8(2)12(6-15,9(16)18-10)11(7,4-13)5-14/h7-8,16H,1-3H3/t7-,8-,10+,12+/m0/s1. The molecular weight excluding hydrogens is 232 g/mol. The van der Waals surface area contributed by atoms with Crippen molar-refractivity contribution in [2.45, 2.75) is 32.7 Å². The minimum absolute atomic E-state index is 0.354. The lowest BCUT2D eigenvalue weighted by atomic mass is 9.52. The minimum Gasteiger partial charge on any atom is -0.448 e. The highest BCUT2D eigenvalue weighted by molar-refractivity contribution is 5.88. The summed E-state index contributed by atoms with van der Waals surface area (Å²) in [4.78, 5) is 0. The maximum atomic E-state index is 9.45. The van der Waals surface area contributed by atoms with Gasteiger partial charge in [0.15, 0.2) is 10.8 Å². The molecule has 0 aromatic carbocycles. The number of hydrogen-bond acceptors (Lipinski definition) is 6. The summed E-state index contributed by atoms with van der Waals surface area (Å²) in [5.74, 6) is -2.21. The Morgan fingerprint density at radius 2 is 1.72 bits per heavy atom. The van der Waals surface area contributed by atoms with Crippen LogP contribution >= 0.6 is 0 Å². The van der Waals surface area contributed by atoms with E-state index in [2.05, 4.69) is 0 Å². The molecule has 0 aliphatic carbocycles. The van der Waals surface area contributed by atoms with Crippen LogP contribution in [0.1, 0.15) is 20.8 Å². The van der Waals surface area contributed by atoms with E-state index in [9.17, 15) is 15.8 Å². The molecule has 3 heterocycles. The van der Waals surface area contributed by atoms with E-state index in [-0.39, 0.29) is 5.90 Å². The fraction of sp³-hybridized carbons (Fsp3) is 0.667. The summed E-state index contributed by atoms with van der Waals surface area (Å²) < 4.78 is 11.0. The number of nitrogens with zero attached hydrogens (tertiary/aromatic N) is 3. The Morgan fingerprint density at radius 3 is 2.11 bits per heavy atom. The molecule has 3 saturated heterocycles. The van der Waals surface area contributed by atoms with Crippen molar-refractivity contribution in [3.8, 4) is 18.2 Å². The average molecular weight is 244 g/mol. The second kappa shape index (κ2) is 3.22. The number of ether oxygens (including phenoxy) is 2. The van der Waals surface area contributed by atoms with Crippen LogP contribution in [-0.4, -0.2) is 17.8 Å². The van der Waals surface area contributed by atoms with Gasteiger partial charge in [-0.25, -0.2) is 0 Å². The van der Waals surface area contributed by atoms with Crippen molar-refractivity contribution in [1.82, 2.24) is 0 Å². The molecular formula is C12H12N4O2. The molecule has 0 amide bonds. The zero-order valence-electron chi connectivity index (χ0n) is 10.3. The smallest absolute Gasteiger partial charge is 0.214 e. The van der Waals surface area contributed by atoms with Gasteiger partial charge in [-0.3, -0.25) is 5.41 Å². The molecule has 0 spiro atoms. The molecule has 0 saturated carbocycles. The van der Waals surface area contributed by atoms with Gasteiger partial charge in [0, 0.05) is 6.92 Å². The number of rotatable bonds is 0. The van der Waals surface area contributed by atoms with E-state index >= 15 is 0 Å². The van der Waals surface area contributed by atoms with Crippen molar-refractivity contribution in [3.05, 3.63) is 0 Å². The third-order valence-corrected chi connectivity index (χ3v) is 4.27. The molecule has 92 valence electrons. The van der Waals surface area contributed by atoms with Crippen LogP contribution in [0.25, 0.3) is 0 Å². The summed E-state index contributed by atoms with van der Waals surface area (Å²) in [5, 5.41) is 36.3. The summed E-state index contributed by atoms with van der Waals surface area (Å²) >= 11 is 0. The van der Waals surface area contributed by atoms with Crippen molar-refractivity contribution < 1.29 is 9.47 Å². The average Bonchev–Trinajstić information content (AvgIpc) is 2.32. The molecule has 0 radical (unpaired) electrons. The molecule has 3 fully saturated rings. The second-order valence-corrected chi connectivity index (χ2v) is 4.88. The van der Waals surface area contributed by atoms with Gasteiger partial charge in [-0.15, -0.1) is 0 Å². The number of hydrogen-bond donors (Lipinski definition) is 1. The number of nitrogens with one attached hydrogen (secondary N) is 1. The second-order valence-electron chi connectivity index (χ2n) is 4.88. The molecule has 3 aliphatic rings. The van der Waals surface area contributed by atoms with Gasteiger partial charge >= 0.3 is 0 Å². The Balaban J connectivity index is 2.82. The maximum Gasteiger partial charge on any atom is 0.214 e. The molecule has 2 bridgehead atoms. The molecule has 3 aliphatic heterocycles. The van der Waals surface area contributed by atoms with Gasteiger partial charge in [-0.2, -0.15) is 15.8 Å². The van der Waals surface area contributed by atoms with Crippen molar-refractivity contribution in [3.63, 3.8) is 0 Å². The highest BCUT2D eigenvalue weighted by Crippen LogP contribution is 2.61. The van der Waals surface area contributed by atoms with Crippen LogP contribution < -0.4 is 0 Å². The Kier molecular flexibility index (Phi) is 2.21. The lowest BCUT2D eigenvalue weighted by Crippen LogP contribution is -2.73. The van der Waals surface area contributed by atoms with Gasteiger partial charge in [-0.05, 0) is 6.92 Å².